The highest BCUT2D eigenvalue weighted by Gasteiger charge is 2.39. The van der Waals surface area contributed by atoms with Crippen molar-refractivity contribution in [2.24, 2.45) is 11.8 Å². The summed E-state index contributed by atoms with van der Waals surface area (Å²) in [6, 6.07) is 8.70. The molecule has 1 aliphatic carbocycles. The summed E-state index contributed by atoms with van der Waals surface area (Å²) in [5.41, 5.74) is 2.74. The zero-order chi connectivity index (χ0) is 14.1. The van der Waals surface area contributed by atoms with Crippen LogP contribution in [-0.4, -0.2) is 22.0 Å². The maximum absolute atomic E-state index is 11.6. The van der Waals surface area contributed by atoms with Crippen LogP contribution in [0.15, 0.2) is 24.3 Å². The molecule has 1 heterocycles. The molecular weight excluding hydrogens is 250 g/mol. The van der Waals surface area contributed by atoms with E-state index in [4.69, 9.17) is 0 Å². The van der Waals surface area contributed by atoms with Crippen LogP contribution >= 0.6 is 0 Å². The number of nitrogens with zero attached hydrogens (tertiary/aromatic N) is 1. The molecule has 3 nitrogen and oxygen atoms in total. The van der Waals surface area contributed by atoms with Crippen LogP contribution < -0.4 is 0 Å². The van der Waals surface area contributed by atoms with E-state index in [-0.39, 0.29) is 12.0 Å². The molecule has 0 saturated heterocycles. The second-order valence-electron chi connectivity index (χ2n) is 6.27. The molecule has 1 aromatic rings. The first-order valence-electron chi connectivity index (χ1n) is 7.72. The SMILES string of the molecule is CCC1CCC(C(=O)O)C(N2Cc3ccccc3C2)C1. The molecule has 3 atom stereocenters. The summed E-state index contributed by atoms with van der Waals surface area (Å²) in [6.45, 7) is 4.06. The smallest absolute Gasteiger partial charge is 0.308 e. The molecule has 108 valence electrons. The molecule has 2 aliphatic rings. The van der Waals surface area contributed by atoms with Crippen LogP contribution in [0.3, 0.4) is 0 Å². The van der Waals surface area contributed by atoms with Crippen LogP contribution in [0.25, 0.3) is 0 Å². The van der Waals surface area contributed by atoms with E-state index in [1.807, 2.05) is 0 Å². The maximum atomic E-state index is 11.6. The Bertz CT molecular complexity index is 475. The number of hydrogen-bond donors (Lipinski definition) is 1. The number of carboxylic acid groups (broad SMARTS) is 1. The molecule has 1 aliphatic heterocycles. The third-order valence-corrected chi connectivity index (χ3v) is 5.15. The van der Waals surface area contributed by atoms with Gasteiger partial charge < -0.3 is 5.11 Å². The Hall–Kier alpha value is -1.35. The standard InChI is InChI=1S/C17H23NO2/c1-2-12-7-8-15(17(19)20)16(9-12)18-10-13-5-3-4-6-14(13)11-18/h3-6,12,15-16H,2,7-11H2,1H3,(H,19,20). The van der Waals surface area contributed by atoms with Gasteiger partial charge in [-0.2, -0.15) is 0 Å². The third-order valence-electron chi connectivity index (χ3n) is 5.15. The summed E-state index contributed by atoms with van der Waals surface area (Å²) < 4.78 is 0. The van der Waals surface area contributed by atoms with Gasteiger partial charge in [0.25, 0.3) is 0 Å². The van der Waals surface area contributed by atoms with Gasteiger partial charge in [0.2, 0.25) is 0 Å². The van der Waals surface area contributed by atoms with Crippen molar-refractivity contribution < 1.29 is 9.90 Å². The van der Waals surface area contributed by atoms with Crippen LogP contribution in [0, 0.1) is 11.8 Å². The Morgan fingerprint density at radius 1 is 1.25 bits per heavy atom. The van der Waals surface area contributed by atoms with Crippen LogP contribution in [0.1, 0.15) is 43.7 Å². The maximum Gasteiger partial charge on any atom is 0.308 e. The van der Waals surface area contributed by atoms with Crippen LogP contribution in [0.5, 0.6) is 0 Å². The number of fused-ring (bicyclic) bond motifs is 1. The largest absolute Gasteiger partial charge is 0.481 e. The highest BCUT2D eigenvalue weighted by molar-refractivity contribution is 5.71. The van der Waals surface area contributed by atoms with E-state index in [2.05, 4.69) is 36.1 Å². The average molecular weight is 273 g/mol. The fraction of sp³-hybridized carbons (Fsp3) is 0.588. The first-order chi connectivity index (χ1) is 9.69. The van der Waals surface area contributed by atoms with E-state index >= 15 is 0 Å². The second kappa shape index (κ2) is 5.57. The highest BCUT2D eigenvalue weighted by atomic mass is 16.4. The van der Waals surface area contributed by atoms with Crippen molar-refractivity contribution in [3.63, 3.8) is 0 Å². The second-order valence-corrected chi connectivity index (χ2v) is 6.27. The van der Waals surface area contributed by atoms with Gasteiger partial charge in [0.15, 0.2) is 0 Å². The van der Waals surface area contributed by atoms with Crippen molar-refractivity contribution in [2.75, 3.05) is 0 Å². The van der Waals surface area contributed by atoms with Crippen molar-refractivity contribution in [1.82, 2.24) is 4.90 Å². The summed E-state index contributed by atoms with van der Waals surface area (Å²) in [6.07, 6.45) is 4.13. The molecule has 1 aromatic carbocycles. The Morgan fingerprint density at radius 3 is 2.45 bits per heavy atom. The lowest BCUT2D eigenvalue weighted by Crippen LogP contribution is -2.44. The molecule has 0 radical (unpaired) electrons. The van der Waals surface area contributed by atoms with E-state index in [9.17, 15) is 9.90 Å². The molecule has 0 aromatic heterocycles. The highest BCUT2D eigenvalue weighted by Crippen LogP contribution is 2.37. The van der Waals surface area contributed by atoms with Crippen molar-refractivity contribution in [2.45, 2.75) is 51.7 Å². The molecular formula is C17H23NO2. The lowest BCUT2D eigenvalue weighted by Gasteiger charge is -2.39. The zero-order valence-corrected chi connectivity index (χ0v) is 12.1. The zero-order valence-electron chi connectivity index (χ0n) is 12.1. The van der Waals surface area contributed by atoms with E-state index in [1.165, 1.54) is 17.5 Å². The number of carbonyl (C=O) groups is 1. The van der Waals surface area contributed by atoms with Gasteiger partial charge in [-0.3, -0.25) is 9.69 Å². The number of benzene rings is 1. The van der Waals surface area contributed by atoms with Crippen LogP contribution in [-0.2, 0) is 17.9 Å². The van der Waals surface area contributed by atoms with E-state index in [0.29, 0.717) is 5.92 Å². The Kier molecular flexibility index (Phi) is 3.79. The van der Waals surface area contributed by atoms with E-state index in [1.54, 1.807) is 0 Å². The number of hydrogen-bond acceptors (Lipinski definition) is 2. The van der Waals surface area contributed by atoms with Gasteiger partial charge in [0, 0.05) is 19.1 Å². The summed E-state index contributed by atoms with van der Waals surface area (Å²) in [5, 5.41) is 9.52. The Morgan fingerprint density at radius 2 is 1.90 bits per heavy atom. The summed E-state index contributed by atoms with van der Waals surface area (Å²) in [4.78, 5) is 14.0. The van der Waals surface area contributed by atoms with Gasteiger partial charge in [0.1, 0.15) is 0 Å². The predicted octanol–water partition coefficient (Wildman–Crippen LogP) is 3.28. The lowest BCUT2D eigenvalue weighted by atomic mass is 9.76. The van der Waals surface area contributed by atoms with Crippen molar-refractivity contribution in [1.29, 1.82) is 0 Å². The molecule has 3 rings (SSSR count). The van der Waals surface area contributed by atoms with E-state index in [0.717, 1.165) is 32.4 Å². The summed E-state index contributed by atoms with van der Waals surface area (Å²) in [5.74, 6) is -0.105. The minimum atomic E-state index is -0.611. The predicted molar refractivity (Wildman–Crippen MR) is 78.2 cm³/mol. The Balaban J connectivity index is 1.78. The summed E-state index contributed by atoms with van der Waals surface area (Å²) >= 11 is 0. The third kappa shape index (κ3) is 2.47. The van der Waals surface area contributed by atoms with Crippen molar-refractivity contribution in [3.05, 3.63) is 35.4 Å². The normalized spacial score (nSPS) is 30.1. The molecule has 0 bridgehead atoms. The molecule has 3 unspecified atom stereocenters. The van der Waals surface area contributed by atoms with Gasteiger partial charge in [-0.25, -0.2) is 0 Å². The first kappa shape index (κ1) is 13.6. The first-order valence-corrected chi connectivity index (χ1v) is 7.72. The van der Waals surface area contributed by atoms with Gasteiger partial charge in [0.05, 0.1) is 5.92 Å². The molecule has 20 heavy (non-hydrogen) atoms. The minimum Gasteiger partial charge on any atom is -0.481 e. The van der Waals surface area contributed by atoms with Crippen molar-refractivity contribution >= 4 is 5.97 Å². The van der Waals surface area contributed by atoms with Crippen LogP contribution in [0.4, 0.5) is 0 Å². The topological polar surface area (TPSA) is 40.5 Å². The summed E-state index contributed by atoms with van der Waals surface area (Å²) in [7, 11) is 0. The minimum absolute atomic E-state index is 0.188. The molecule has 1 saturated carbocycles. The van der Waals surface area contributed by atoms with Gasteiger partial charge in [-0.15, -0.1) is 0 Å². The quantitative estimate of drug-likeness (QED) is 0.918. The fourth-order valence-electron chi connectivity index (χ4n) is 3.89. The fourth-order valence-corrected chi connectivity index (χ4v) is 3.89. The number of carboxylic acids is 1. The number of aliphatic carboxylic acids is 1. The number of rotatable bonds is 3. The van der Waals surface area contributed by atoms with Crippen LogP contribution in [0.2, 0.25) is 0 Å². The van der Waals surface area contributed by atoms with Gasteiger partial charge >= 0.3 is 5.97 Å². The monoisotopic (exact) mass is 273 g/mol. The van der Waals surface area contributed by atoms with Gasteiger partial charge in [-0.05, 0) is 36.3 Å². The molecule has 0 amide bonds. The Labute approximate surface area is 120 Å². The van der Waals surface area contributed by atoms with Crippen molar-refractivity contribution in [3.8, 4) is 0 Å². The van der Waals surface area contributed by atoms with Gasteiger partial charge in [-0.1, -0.05) is 37.6 Å². The van der Waals surface area contributed by atoms with E-state index < -0.39 is 5.97 Å². The molecule has 1 fully saturated rings. The molecule has 3 heteroatoms. The average Bonchev–Trinajstić information content (AvgIpc) is 2.90. The molecule has 0 spiro atoms. The molecule has 1 N–H and O–H groups in total. The lowest BCUT2D eigenvalue weighted by molar-refractivity contribution is -0.146.